The van der Waals surface area contributed by atoms with E-state index in [0.717, 1.165) is 26.9 Å². The van der Waals surface area contributed by atoms with Gasteiger partial charge in [-0.15, -0.1) is 0 Å². The third kappa shape index (κ3) is 2.49. The van der Waals surface area contributed by atoms with Crippen molar-refractivity contribution in [1.82, 2.24) is 0 Å². The molecule has 0 aliphatic rings. The SMILES string of the molecule is Nc1cccc(COc2cccc3ccccc23)c1Br. The highest BCUT2D eigenvalue weighted by atomic mass is 79.9. The van der Waals surface area contributed by atoms with Crippen LogP contribution in [0.5, 0.6) is 5.75 Å². The maximum absolute atomic E-state index is 5.96. The summed E-state index contributed by atoms with van der Waals surface area (Å²) in [5, 5.41) is 2.30. The summed E-state index contributed by atoms with van der Waals surface area (Å²) in [5.41, 5.74) is 7.64. The molecule has 0 fully saturated rings. The van der Waals surface area contributed by atoms with E-state index in [1.54, 1.807) is 0 Å². The number of benzene rings is 3. The van der Waals surface area contributed by atoms with Gasteiger partial charge in [0.1, 0.15) is 12.4 Å². The fourth-order valence-corrected chi connectivity index (χ4v) is 2.57. The quantitative estimate of drug-likeness (QED) is 0.703. The minimum absolute atomic E-state index is 0.486. The van der Waals surface area contributed by atoms with Crippen LogP contribution >= 0.6 is 15.9 Å². The largest absolute Gasteiger partial charge is 0.488 e. The monoisotopic (exact) mass is 327 g/mol. The number of hydrogen-bond donors (Lipinski definition) is 1. The first-order valence-corrected chi connectivity index (χ1v) is 7.18. The Hall–Kier alpha value is -2.00. The lowest BCUT2D eigenvalue weighted by atomic mass is 10.1. The molecule has 0 unspecified atom stereocenters. The van der Waals surface area contributed by atoms with Gasteiger partial charge in [-0.25, -0.2) is 0 Å². The number of anilines is 1. The summed E-state index contributed by atoms with van der Waals surface area (Å²) in [4.78, 5) is 0. The van der Waals surface area contributed by atoms with E-state index in [4.69, 9.17) is 10.5 Å². The van der Waals surface area contributed by atoms with E-state index >= 15 is 0 Å². The number of hydrogen-bond acceptors (Lipinski definition) is 2. The molecule has 0 radical (unpaired) electrons. The van der Waals surface area contributed by atoms with E-state index in [9.17, 15) is 0 Å². The van der Waals surface area contributed by atoms with Gasteiger partial charge in [0.25, 0.3) is 0 Å². The van der Waals surface area contributed by atoms with Crippen molar-refractivity contribution in [2.24, 2.45) is 0 Å². The highest BCUT2D eigenvalue weighted by molar-refractivity contribution is 9.10. The number of fused-ring (bicyclic) bond motifs is 1. The molecule has 0 amide bonds. The average Bonchev–Trinajstić information content (AvgIpc) is 2.49. The van der Waals surface area contributed by atoms with E-state index in [1.807, 2.05) is 42.5 Å². The summed E-state index contributed by atoms with van der Waals surface area (Å²) in [7, 11) is 0. The van der Waals surface area contributed by atoms with Crippen LogP contribution in [-0.2, 0) is 6.61 Å². The second-order valence-corrected chi connectivity index (χ2v) is 5.38. The Kier molecular flexibility index (Phi) is 3.61. The smallest absolute Gasteiger partial charge is 0.127 e. The Morgan fingerprint density at radius 3 is 2.55 bits per heavy atom. The summed E-state index contributed by atoms with van der Waals surface area (Å²) in [6.45, 7) is 0.486. The molecule has 0 heterocycles. The van der Waals surface area contributed by atoms with Crippen molar-refractivity contribution < 1.29 is 4.74 Å². The molecule has 0 aliphatic heterocycles. The average molecular weight is 328 g/mol. The van der Waals surface area contributed by atoms with Crippen LogP contribution in [0.3, 0.4) is 0 Å². The number of nitrogen functional groups attached to an aromatic ring is 1. The van der Waals surface area contributed by atoms with E-state index in [-0.39, 0.29) is 0 Å². The topological polar surface area (TPSA) is 35.2 Å². The molecule has 3 heteroatoms. The Labute approximate surface area is 126 Å². The van der Waals surface area contributed by atoms with Crippen molar-refractivity contribution in [1.29, 1.82) is 0 Å². The minimum Gasteiger partial charge on any atom is -0.488 e. The maximum Gasteiger partial charge on any atom is 0.127 e. The first-order chi connectivity index (χ1) is 9.75. The highest BCUT2D eigenvalue weighted by Crippen LogP contribution is 2.28. The van der Waals surface area contributed by atoms with Crippen molar-refractivity contribution in [3.8, 4) is 5.75 Å². The third-order valence-electron chi connectivity index (χ3n) is 3.24. The zero-order valence-corrected chi connectivity index (χ0v) is 12.4. The molecule has 2 nitrogen and oxygen atoms in total. The highest BCUT2D eigenvalue weighted by Gasteiger charge is 2.05. The molecule has 0 saturated carbocycles. The molecule has 20 heavy (non-hydrogen) atoms. The molecule has 3 aromatic carbocycles. The van der Waals surface area contributed by atoms with Gasteiger partial charge in [0.15, 0.2) is 0 Å². The number of nitrogens with two attached hydrogens (primary N) is 1. The molecule has 3 rings (SSSR count). The lowest BCUT2D eigenvalue weighted by Gasteiger charge is -2.11. The standard InChI is InChI=1S/C17H14BrNO/c18-17-13(7-3-9-15(17)19)11-20-16-10-4-6-12-5-1-2-8-14(12)16/h1-10H,11,19H2. The van der Waals surface area contributed by atoms with E-state index < -0.39 is 0 Å². The summed E-state index contributed by atoms with van der Waals surface area (Å²) in [6.07, 6.45) is 0. The second-order valence-electron chi connectivity index (χ2n) is 4.59. The summed E-state index contributed by atoms with van der Waals surface area (Å²) < 4.78 is 6.86. The normalized spacial score (nSPS) is 10.7. The Balaban J connectivity index is 1.89. The minimum atomic E-state index is 0.486. The number of ether oxygens (including phenoxy) is 1. The molecular weight excluding hydrogens is 314 g/mol. The summed E-state index contributed by atoms with van der Waals surface area (Å²) in [6, 6.07) is 20.1. The van der Waals surface area contributed by atoms with E-state index in [1.165, 1.54) is 5.39 Å². The molecule has 0 bridgehead atoms. The van der Waals surface area contributed by atoms with E-state index in [2.05, 4.69) is 34.1 Å². The zero-order valence-electron chi connectivity index (χ0n) is 10.8. The van der Waals surface area contributed by atoms with Gasteiger partial charge in [0.05, 0.1) is 0 Å². The van der Waals surface area contributed by atoms with Crippen LogP contribution in [0.4, 0.5) is 5.69 Å². The molecule has 0 saturated heterocycles. The van der Waals surface area contributed by atoms with Crippen LogP contribution in [0, 0.1) is 0 Å². The molecule has 0 aromatic heterocycles. The second kappa shape index (κ2) is 5.55. The van der Waals surface area contributed by atoms with Crippen molar-refractivity contribution in [2.75, 3.05) is 5.73 Å². The first kappa shape index (κ1) is 13.0. The number of rotatable bonds is 3. The lowest BCUT2D eigenvalue weighted by Crippen LogP contribution is -1.99. The van der Waals surface area contributed by atoms with Crippen LogP contribution in [0.2, 0.25) is 0 Å². The van der Waals surface area contributed by atoms with Gasteiger partial charge in [-0.3, -0.25) is 0 Å². The lowest BCUT2D eigenvalue weighted by molar-refractivity contribution is 0.309. The van der Waals surface area contributed by atoms with Crippen LogP contribution in [-0.4, -0.2) is 0 Å². The molecule has 100 valence electrons. The Bertz CT molecular complexity index is 750. The Morgan fingerprint density at radius 1 is 0.900 bits per heavy atom. The molecule has 2 N–H and O–H groups in total. The van der Waals surface area contributed by atoms with Crippen molar-refractivity contribution >= 4 is 32.4 Å². The number of halogens is 1. The van der Waals surface area contributed by atoms with Crippen molar-refractivity contribution in [3.63, 3.8) is 0 Å². The fourth-order valence-electron chi connectivity index (χ4n) is 2.19. The van der Waals surface area contributed by atoms with Crippen LogP contribution < -0.4 is 10.5 Å². The van der Waals surface area contributed by atoms with Gasteiger partial charge in [0.2, 0.25) is 0 Å². The Morgan fingerprint density at radius 2 is 1.65 bits per heavy atom. The van der Waals surface area contributed by atoms with Gasteiger partial charge in [-0.2, -0.15) is 0 Å². The summed E-state index contributed by atoms with van der Waals surface area (Å²) in [5.74, 6) is 0.887. The molecule has 3 aromatic rings. The maximum atomic E-state index is 5.96. The van der Waals surface area contributed by atoms with Crippen LogP contribution in [0.1, 0.15) is 5.56 Å². The third-order valence-corrected chi connectivity index (χ3v) is 4.21. The first-order valence-electron chi connectivity index (χ1n) is 6.39. The van der Waals surface area contributed by atoms with E-state index in [0.29, 0.717) is 6.61 Å². The predicted octanol–water partition coefficient (Wildman–Crippen LogP) is 4.76. The van der Waals surface area contributed by atoms with Crippen LogP contribution in [0.15, 0.2) is 65.1 Å². The van der Waals surface area contributed by atoms with Gasteiger partial charge >= 0.3 is 0 Å². The van der Waals surface area contributed by atoms with Crippen molar-refractivity contribution in [2.45, 2.75) is 6.61 Å². The van der Waals surface area contributed by atoms with Gasteiger partial charge in [0, 0.05) is 21.1 Å². The molecule has 0 atom stereocenters. The van der Waals surface area contributed by atoms with Crippen molar-refractivity contribution in [3.05, 3.63) is 70.7 Å². The summed E-state index contributed by atoms with van der Waals surface area (Å²) >= 11 is 3.50. The fraction of sp³-hybridized carbons (Fsp3) is 0.0588. The molecular formula is C17H14BrNO. The van der Waals surface area contributed by atoms with Crippen LogP contribution in [0.25, 0.3) is 10.8 Å². The van der Waals surface area contributed by atoms with Gasteiger partial charge in [-0.05, 0) is 33.4 Å². The molecule has 0 aliphatic carbocycles. The van der Waals surface area contributed by atoms with Gasteiger partial charge < -0.3 is 10.5 Å². The van der Waals surface area contributed by atoms with Gasteiger partial charge in [-0.1, -0.05) is 48.5 Å². The predicted molar refractivity (Wildman–Crippen MR) is 86.8 cm³/mol. The zero-order chi connectivity index (χ0) is 13.9. The molecule has 0 spiro atoms.